The first-order chi connectivity index (χ1) is 16.5. The van der Waals surface area contributed by atoms with E-state index in [0.717, 1.165) is 51.4 Å². The van der Waals surface area contributed by atoms with Crippen LogP contribution in [0, 0.1) is 0 Å². The lowest BCUT2D eigenvalue weighted by Gasteiger charge is -2.29. The van der Waals surface area contributed by atoms with Crippen LogP contribution in [0.5, 0.6) is 0 Å². The highest BCUT2D eigenvalue weighted by molar-refractivity contribution is 5.94. The van der Waals surface area contributed by atoms with Crippen LogP contribution in [0.2, 0.25) is 0 Å². The molecule has 2 aliphatic rings. The maximum Gasteiger partial charge on any atom is 0.306 e. The second-order valence-corrected chi connectivity index (χ2v) is 10.9. The lowest BCUT2D eigenvalue weighted by atomic mass is 9.91. The van der Waals surface area contributed by atoms with E-state index in [1.807, 2.05) is 0 Å². The minimum Gasteiger partial charge on any atom is -0.460 e. The number of hydrogen-bond donors (Lipinski definition) is 3. The Balaban J connectivity index is 2.01. The van der Waals surface area contributed by atoms with Gasteiger partial charge in [0, 0.05) is 31.3 Å². The van der Waals surface area contributed by atoms with Gasteiger partial charge in [0.15, 0.2) is 5.79 Å². The molecule has 35 heavy (non-hydrogen) atoms. The molecule has 3 N–H and O–H groups in total. The zero-order valence-corrected chi connectivity index (χ0v) is 22.3. The molecule has 0 aromatic carbocycles. The summed E-state index contributed by atoms with van der Waals surface area (Å²) < 4.78 is 18.1. The van der Waals surface area contributed by atoms with Gasteiger partial charge in [-0.3, -0.25) is 9.59 Å². The van der Waals surface area contributed by atoms with Gasteiger partial charge in [-0.1, -0.05) is 39.5 Å². The van der Waals surface area contributed by atoms with E-state index >= 15 is 0 Å². The molecular formula is C27H47NO7. The number of carbonyl (C=O) groups excluding carboxylic acids is 2. The highest BCUT2D eigenvalue weighted by atomic mass is 16.8. The number of aliphatic hydroxyl groups is 2. The van der Waals surface area contributed by atoms with Gasteiger partial charge in [0.1, 0.15) is 17.8 Å². The third-order valence-electron chi connectivity index (χ3n) is 6.49. The van der Waals surface area contributed by atoms with Crippen LogP contribution in [0.15, 0.2) is 11.6 Å². The van der Waals surface area contributed by atoms with E-state index in [4.69, 9.17) is 14.2 Å². The van der Waals surface area contributed by atoms with Gasteiger partial charge in [0.05, 0.1) is 18.8 Å². The minimum atomic E-state index is -0.848. The van der Waals surface area contributed by atoms with E-state index in [1.165, 1.54) is 0 Å². The minimum absolute atomic E-state index is 0.0874. The van der Waals surface area contributed by atoms with E-state index < -0.39 is 35.7 Å². The molecule has 4 atom stereocenters. The lowest BCUT2D eigenvalue weighted by molar-refractivity contribution is -0.190. The molecular weight excluding hydrogens is 450 g/mol. The van der Waals surface area contributed by atoms with Crippen LogP contribution < -0.4 is 5.32 Å². The highest BCUT2D eigenvalue weighted by Crippen LogP contribution is 2.42. The van der Waals surface area contributed by atoms with Crippen molar-refractivity contribution in [3.8, 4) is 0 Å². The fourth-order valence-electron chi connectivity index (χ4n) is 4.68. The topological polar surface area (TPSA) is 114 Å². The maximum atomic E-state index is 12.9. The van der Waals surface area contributed by atoms with Crippen molar-refractivity contribution < 1.29 is 34.0 Å². The van der Waals surface area contributed by atoms with Crippen molar-refractivity contribution in [2.45, 2.75) is 141 Å². The molecule has 1 saturated heterocycles. The predicted octanol–water partition coefficient (Wildman–Crippen LogP) is 3.92. The highest BCUT2D eigenvalue weighted by Gasteiger charge is 2.50. The van der Waals surface area contributed by atoms with Crippen LogP contribution in [0.1, 0.15) is 105 Å². The fraction of sp³-hybridized carbons (Fsp3) is 0.852. The van der Waals surface area contributed by atoms with Crippen LogP contribution in [0.25, 0.3) is 0 Å². The van der Waals surface area contributed by atoms with Crippen molar-refractivity contribution in [1.29, 1.82) is 0 Å². The SMILES string of the molecule is CCCCCC1(CCCCC)O[C@H]2[C@H](O)CC(C(=O)N[C@H](CO)CCC(=O)OC(C)(C)C)=C[C@H]2O1. The number of amides is 1. The molecule has 0 aromatic rings. The van der Waals surface area contributed by atoms with Gasteiger partial charge in [-0.15, -0.1) is 0 Å². The Morgan fingerprint density at radius 3 is 2.31 bits per heavy atom. The van der Waals surface area contributed by atoms with Crippen molar-refractivity contribution in [2.24, 2.45) is 0 Å². The van der Waals surface area contributed by atoms with Crippen LogP contribution in [-0.4, -0.2) is 64.4 Å². The summed E-state index contributed by atoms with van der Waals surface area (Å²) in [4.78, 5) is 24.9. The van der Waals surface area contributed by atoms with E-state index in [1.54, 1.807) is 26.8 Å². The molecule has 1 amide bonds. The van der Waals surface area contributed by atoms with Crippen LogP contribution in [-0.2, 0) is 23.8 Å². The smallest absolute Gasteiger partial charge is 0.306 e. The summed E-state index contributed by atoms with van der Waals surface area (Å²) in [6.07, 6.45) is 8.36. The number of hydrogen-bond acceptors (Lipinski definition) is 7. The fourth-order valence-corrected chi connectivity index (χ4v) is 4.68. The number of rotatable bonds is 14. The van der Waals surface area contributed by atoms with E-state index in [9.17, 15) is 19.8 Å². The van der Waals surface area contributed by atoms with E-state index in [2.05, 4.69) is 19.2 Å². The quantitative estimate of drug-likeness (QED) is 0.246. The van der Waals surface area contributed by atoms with Crippen molar-refractivity contribution in [3.63, 3.8) is 0 Å². The molecule has 0 radical (unpaired) electrons. The first kappa shape index (κ1) is 29.7. The Bertz CT molecular complexity index is 705. The number of carbonyl (C=O) groups is 2. The number of ether oxygens (including phenoxy) is 3. The third kappa shape index (κ3) is 9.48. The van der Waals surface area contributed by atoms with Crippen molar-refractivity contribution >= 4 is 11.9 Å². The summed E-state index contributed by atoms with van der Waals surface area (Å²) >= 11 is 0. The van der Waals surface area contributed by atoms with Crippen molar-refractivity contribution in [1.82, 2.24) is 5.32 Å². The van der Waals surface area contributed by atoms with Gasteiger partial charge in [0.2, 0.25) is 5.91 Å². The van der Waals surface area contributed by atoms with Crippen molar-refractivity contribution in [2.75, 3.05) is 6.61 Å². The third-order valence-corrected chi connectivity index (χ3v) is 6.49. The lowest BCUT2D eigenvalue weighted by Crippen LogP contribution is -2.44. The summed E-state index contributed by atoms with van der Waals surface area (Å²) in [6, 6.07) is -0.589. The Kier molecular flexibility index (Phi) is 11.7. The molecule has 2 rings (SSSR count). The van der Waals surface area contributed by atoms with Crippen LogP contribution in [0.4, 0.5) is 0 Å². The van der Waals surface area contributed by atoms with E-state index in [-0.39, 0.29) is 37.7 Å². The number of aliphatic hydroxyl groups excluding tert-OH is 2. The summed E-state index contributed by atoms with van der Waals surface area (Å²) in [5, 5.41) is 23.3. The second kappa shape index (κ2) is 13.7. The Labute approximate surface area is 210 Å². The number of fused-ring (bicyclic) bond motifs is 1. The molecule has 0 unspecified atom stereocenters. The van der Waals surface area contributed by atoms with Crippen molar-refractivity contribution in [3.05, 3.63) is 11.6 Å². The molecule has 0 spiro atoms. The van der Waals surface area contributed by atoms with Gasteiger partial charge in [-0.05, 0) is 46.1 Å². The average molecular weight is 498 g/mol. The molecule has 0 saturated carbocycles. The first-order valence-corrected chi connectivity index (χ1v) is 13.4. The summed E-state index contributed by atoms with van der Waals surface area (Å²) in [5.41, 5.74) is -0.170. The number of nitrogens with one attached hydrogen (secondary N) is 1. The van der Waals surface area contributed by atoms with Gasteiger partial charge in [-0.25, -0.2) is 0 Å². The zero-order valence-electron chi connectivity index (χ0n) is 22.3. The van der Waals surface area contributed by atoms with Gasteiger partial charge < -0.3 is 29.7 Å². The number of esters is 1. The van der Waals surface area contributed by atoms with Crippen LogP contribution in [0.3, 0.4) is 0 Å². The van der Waals surface area contributed by atoms with E-state index in [0.29, 0.717) is 5.57 Å². The normalized spacial score (nSPS) is 24.4. The molecule has 1 aliphatic heterocycles. The molecule has 0 bridgehead atoms. The van der Waals surface area contributed by atoms with Gasteiger partial charge in [-0.2, -0.15) is 0 Å². The average Bonchev–Trinajstić information content (AvgIpc) is 3.15. The predicted molar refractivity (Wildman–Crippen MR) is 134 cm³/mol. The number of unbranched alkanes of at least 4 members (excludes halogenated alkanes) is 4. The Morgan fingerprint density at radius 2 is 1.77 bits per heavy atom. The molecule has 1 heterocycles. The maximum absolute atomic E-state index is 12.9. The molecule has 1 fully saturated rings. The Morgan fingerprint density at radius 1 is 1.14 bits per heavy atom. The zero-order chi connectivity index (χ0) is 26.1. The second-order valence-electron chi connectivity index (χ2n) is 10.9. The Hall–Kier alpha value is -1.48. The largest absolute Gasteiger partial charge is 0.460 e. The van der Waals surface area contributed by atoms with Gasteiger partial charge in [0.25, 0.3) is 0 Å². The van der Waals surface area contributed by atoms with Crippen LogP contribution >= 0.6 is 0 Å². The molecule has 0 aromatic heterocycles. The monoisotopic (exact) mass is 497 g/mol. The summed E-state index contributed by atoms with van der Waals surface area (Å²) in [6.45, 7) is 9.40. The van der Waals surface area contributed by atoms with Gasteiger partial charge >= 0.3 is 5.97 Å². The molecule has 1 aliphatic carbocycles. The molecule has 8 heteroatoms. The summed E-state index contributed by atoms with van der Waals surface area (Å²) in [7, 11) is 0. The standard InChI is InChI=1S/C27H47NO7/c1-6-8-10-14-27(15-11-9-7-2)33-22-17-19(16-21(30)24(22)35-27)25(32)28-20(18-29)12-13-23(31)34-26(3,4)5/h17,20-22,24,29-30H,6-16,18H2,1-5H3,(H,28,32)/t20-,21+,22+,24-/m0/s1. The first-order valence-electron chi connectivity index (χ1n) is 13.4. The molecule has 202 valence electrons. The molecule has 8 nitrogen and oxygen atoms in total. The summed E-state index contributed by atoms with van der Waals surface area (Å²) in [5.74, 6) is -1.47.